The van der Waals surface area contributed by atoms with Gasteiger partial charge in [-0.25, -0.2) is 9.59 Å². The topological polar surface area (TPSA) is 281 Å². The van der Waals surface area contributed by atoms with Gasteiger partial charge in [0.15, 0.2) is 11.6 Å². The van der Waals surface area contributed by atoms with E-state index in [1.807, 2.05) is 62.4 Å². The predicted octanol–water partition coefficient (Wildman–Crippen LogP) is 4.09. The number of rotatable bonds is 24. The molecule has 3 aromatic rings. The maximum atomic E-state index is 14.1. The van der Waals surface area contributed by atoms with E-state index in [0.717, 1.165) is 22.3 Å². The quantitative estimate of drug-likeness (QED) is 0.0358. The largest absolute Gasteiger partial charge is 0.480 e. The molecule has 5 atom stereocenters. The second-order valence-corrected chi connectivity index (χ2v) is 19.4. The van der Waals surface area contributed by atoms with Crippen molar-refractivity contribution in [2.75, 3.05) is 13.2 Å². The average molecular weight is 978 g/mol. The highest BCUT2D eigenvalue weighted by atomic mass is 16.5. The molecule has 0 unspecified atom stereocenters. The van der Waals surface area contributed by atoms with Crippen LogP contribution in [0.3, 0.4) is 0 Å². The number of unbranched alkanes of at least 4 members (excludes halogenated alkanes) is 1. The van der Waals surface area contributed by atoms with Crippen LogP contribution in [0.2, 0.25) is 0 Å². The van der Waals surface area contributed by atoms with Crippen molar-refractivity contribution in [1.82, 2.24) is 31.9 Å². The summed E-state index contributed by atoms with van der Waals surface area (Å²) in [6.07, 6.45) is 0.0337. The van der Waals surface area contributed by atoms with E-state index in [-0.39, 0.29) is 68.2 Å². The lowest BCUT2D eigenvalue weighted by molar-refractivity contribution is -0.143. The number of ketones is 2. The fourth-order valence-electron chi connectivity index (χ4n) is 8.90. The van der Waals surface area contributed by atoms with E-state index in [1.54, 1.807) is 51.1 Å². The molecule has 0 heterocycles. The van der Waals surface area contributed by atoms with Crippen molar-refractivity contribution in [3.05, 3.63) is 107 Å². The minimum atomic E-state index is -1.46. The number of Topliss-reactive ketones (excluding diaryl/α,β-unsaturated/α-hetero) is 2. The van der Waals surface area contributed by atoms with Crippen molar-refractivity contribution in [3.63, 3.8) is 0 Å². The number of alkyl carbamates (subject to hydrolysis) is 1. The summed E-state index contributed by atoms with van der Waals surface area (Å²) in [5.41, 5.74) is 10.2. The number of hydrogen-bond donors (Lipinski definition) is 8. The summed E-state index contributed by atoms with van der Waals surface area (Å²) in [6, 6.07) is 18.0. The number of allylic oxidation sites excluding steroid dienone is 2. The maximum Gasteiger partial charge on any atom is 0.407 e. The van der Waals surface area contributed by atoms with Crippen LogP contribution in [0.15, 0.2) is 90.1 Å². The molecule has 0 saturated heterocycles. The number of hydrogen-bond acceptors (Lipinski definition) is 11. The molecule has 0 radical (unpaired) electrons. The van der Waals surface area contributed by atoms with Crippen molar-refractivity contribution < 1.29 is 53.0 Å². The third-order valence-electron chi connectivity index (χ3n) is 12.7. The van der Waals surface area contributed by atoms with Crippen LogP contribution in [0, 0.1) is 11.3 Å². The molecular formula is C53H67N7O11. The Labute approximate surface area is 414 Å². The van der Waals surface area contributed by atoms with Crippen LogP contribution in [-0.2, 0) is 49.5 Å². The van der Waals surface area contributed by atoms with Crippen molar-refractivity contribution in [2.45, 2.75) is 129 Å². The van der Waals surface area contributed by atoms with Crippen LogP contribution in [0.1, 0.15) is 109 Å². The number of carbonyl (C=O) groups excluding carboxylic acids is 8. The first-order valence-corrected chi connectivity index (χ1v) is 24.0. The molecule has 18 heteroatoms. The van der Waals surface area contributed by atoms with Crippen LogP contribution < -0.4 is 37.6 Å². The highest BCUT2D eigenvalue weighted by molar-refractivity contribution is 6.22. The van der Waals surface area contributed by atoms with Crippen molar-refractivity contribution >= 4 is 53.2 Å². The molecule has 71 heavy (non-hydrogen) atoms. The standard InChI is InChI=1S/C53H67N7O11/c1-30(2)46(50(67)57-40(51(68)69)23-24-44(54)63)60-49(66)41(26-33-16-8-7-9-17-33)58-47(64)32(4)56-48(65)39(22-14-15-25-55-31(3)45-42(61)27-53(5,6)28-43(45)62)59-52(70)71-29-38-36-20-12-10-18-34(36)35-19-11-13-21-37(35)38/h7-13,16-21,30,32,38-41,46,55H,14-15,22-29H2,1-6H3,(H2,54,63)(H,56,65)(H,57,67)(H,58,64)(H,59,70)(H,60,66)(H,68,69)/t32-,39-,40-,41-,46-/m0/s1. The summed E-state index contributed by atoms with van der Waals surface area (Å²) in [6.45, 7) is 10.5. The van der Waals surface area contributed by atoms with Gasteiger partial charge in [0.25, 0.3) is 0 Å². The smallest absolute Gasteiger partial charge is 0.407 e. The SMILES string of the molecule is CC(NCCCC[C@H](NC(=O)OCC1c2ccccc2-c2ccccc21)C(=O)N[C@@H](C)C(=O)N[C@@H](Cc1ccccc1)C(=O)N[C@H](C(=O)N[C@@H](CCC(N)=O)C(=O)O)C(C)C)=C1C(=O)CC(C)(C)CC1=O. The van der Waals surface area contributed by atoms with E-state index < -0.39 is 83.1 Å². The second-order valence-electron chi connectivity index (χ2n) is 19.4. The lowest BCUT2D eigenvalue weighted by atomic mass is 9.73. The van der Waals surface area contributed by atoms with E-state index in [2.05, 4.69) is 31.9 Å². The maximum absolute atomic E-state index is 14.1. The summed E-state index contributed by atoms with van der Waals surface area (Å²) >= 11 is 0. The Bertz CT molecular complexity index is 2440. The Morgan fingerprint density at radius 1 is 0.690 bits per heavy atom. The molecule has 1 saturated carbocycles. The van der Waals surface area contributed by atoms with Gasteiger partial charge in [0.05, 0.1) is 5.57 Å². The fourth-order valence-corrected chi connectivity index (χ4v) is 8.90. The number of benzene rings is 3. The zero-order valence-corrected chi connectivity index (χ0v) is 41.2. The molecule has 6 amide bonds. The zero-order valence-electron chi connectivity index (χ0n) is 41.2. The molecule has 2 aliphatic rings. The minimum absolute atomic E-state index is 0.0148. The van der Waals surface area contributed by atoms with E-state index in [1.165, 1.54) is 6.92 Å². The van der Waals surface area contributed by atoms with E-state index in [4.69, 9.17) is 10.5 Å². The molecule has 0 spiro atoms. The number of ether oxygens (including phenoxy) is 1. The summed E-state index contributed by atoms with van der Waals surface area (Å²) in [5.74, 6) is -6.44. The molecule has 2 aliphatic carbocycles. The number of nitrogens with one attached hydrogen (secondary N) is 6. The van der Waals surface area contributed by atoms with Gasteiger partial charge in [-0.3, -0.25) is 33.6 Å². The molecule has 380 valence electrons. The van der Waals surface area contributed by atoms with Crippen LogP contribution >= 0.6 is 0 Å². The fraction of sp³-hybridized carbons (Fsp3) is 0.453. The van der Waals surface area contributed by atoms with E-state index in [0.29, 0.717) is 30.6 Å². The van der Waals surface area contributed by atoms with Gasteiger partial charge in [0.1, 0.15) is 36.8 Å². The number of fused-ring (bicyclic) bond motifs is 3. The number of amides is 6. The van der Waals surface area contributed by atoms with Gasteiger partial charge in [-0.1, -0.05) is 107 Å². The molecule has 3 aromatic carbocycles. The molecule has 0 bridgehead atoms. The molecular weight excluding hydrogens is 911 g/mol. The van der Waals surface area contributed by atoms with Crippen LogP contribution in [0.25, 0.3) is 11.1 Å². The average Bonchev–Trinajstić information content (AvgIpc) is 3.63. The van der Waals surface area contributed by atoms with Crippen molar-refractivity contribution in [3.8, 4) is 11.1 Å². The van der Waals surface area contributed by atoms with Gasteiger partial charge in [-0.05, 0) is 78.7 Å². The summed E-state index contributed by atoms with van der Waals surface area (Å²) in [7, 11) is 0. The van der Waals surface area contributed by atoms with Gasteiger partial charge in [0.2, 0.25) is 29.5 Å². The molecule has 18 nitrogen and oxygen atoms in total. The number of carboxylic acids is 1. The predicted molar refractivity (Wildman–Crippen MR) is 264 cm³/mol. The molecule has 9 N–H and O–H groups in total. The van der Waals surface area contributed by atoms with Crippen LogP contribution in [0.4, 0.5) is 4.79 Å². The Kier molecular flexibility index (Phi) is 19.2. The molecule has 0 aromatic heterocycles. The Morgan fingerprint density at radius 3 is 1.83 bits per heavy atom. The first-order valence-electron chi connectivity index (χ1n) is 24.0. The monoisotopic (exact) mass is 977 g/mol. The van der Waals surface area contributed by atoms with Crippen LogP contribution in [0.5, 0.6) is 0 Å². The van der Waals surface area contributed by atoms with Crippen molar-refractivity contribution in [1.29, 1.82) is 0 Å². The normalized spacial score (nSPS) is 16.0. The Hall–Kier alpha value is -7.37. The lowest BCUT2D eigenvalue weighted by Gasteiger charge is -2.29. The second kappa shape index (κ2) is 25.0. The summed E-state index contributed by atoms with van der Waals surface area (Å²) in [4.78, 5) is 118. The highest BCUT2D eigenvalue weighted by Gasteiger charge is 2.37. The number of aliphatic carboxylic acids is 1. The summed E-state index contributed by atoms with van der Waals surface area (Å²) < 4.78 is 5.78. The van der Waals surface area contributed by atoms with Crippen LogP contribution in [-0.4, -0.2) is 102 Å². The third-order valence-corrected chi connectivity index (χ3v) is 12.7. The lowest BCUT2D eigenvalue weighted by Crippen LogP contribution is -2.59. The van der Waals surface area contributed by atoms with E-state index >= 15 is 0 Å². The number of carbonyl (C=O) groups is 9. The first-order chi connectivity index (χ1) is 33.6. The molecule has 1 fully saturated rings. The zero-order chi connectivity index (χ0) is 52.0. The minimum Gasteiger partial charge on any atom is -0.480 e. The number of primary amides is 1. The molecule has 5 rings (SSSR count). The highest BCUT2D eigenvalue weighted by Crippen LogP contribution is 2.44. The first kappa shape index (κ1) is 54.6. The van der Waals surface area contributed by atoms with Crippen molar-refractivity contribution in [2.24, 2.45) is 17.1 Å². The van der Waals surface area contributed by atoms with E-state index in [9.17, 15) is 48.3 Å². The number of carboxylic acid groups (broad SMARTS) is 1. The Balaban J connectivity index is 1.27. The van der Waals surface area contributed by atoms with Gasteiger partial charge in [-0.15, -0.1) is 0 Å². The Morgan fingerprint density at radius 2 is 1.25 bits per heavy atom. The molecule has 0 aliphatic heterocycles. The number of nitrogens with two attached hydrogens (primary N) is 1. The van der Waals surface area contributed by atoms with Gasteiger partial charge in [0, 0.05) is 43.8 Å². The van der Waals surface area contributed by atoms with Gasteiger partial charge >= 0.3 is 12.1 Å². The van der Waals surface area contributed by atoms with Gasteiger partial charge in [-0.2, -0.15) is 0 Å². The summed E-state index contributed by atoms with van der Waals surface area (Å²) in [5, 5.41) is 25.9. The van der Waals surface area contributed by atoms with Gasteiger partial charge < -0.3 is 47.5 Å². The third kappa shape index (κ3) is 15.3.